The van der Waals surface area contributed by atoms with Crippen LogP contribution in [-0.2, 0) is 0 Å². The summed E-state index contributed by atoms with van der Waals surface area (Å²) in [7, 11) is 0. The molecule has 0 unspecified atom stereocenters. The van der Waals surface area contributed by atoms with Gasteiger partial charge < -0.3 is 5.41 Å². The third-order valence-electron chi connectivity index (χ3n) is 2.48. The molecule has 1 aromatic heterocycles. The minimum atomic E-state index is 0. The standard InChI is InChI=1S/C12H9N3.ClH/c13-8-4-3-7-11-12(8)15-10-6-2-1-5-9(10)14-11;/h1-3,5-7,13H,4H2;1H. The van der Waals surface area contributed by atoms with E-state index in [4.69, 9.17) is 5.41 Å². The molecule has 0 saturated heterocycles. The van der Waals surface area contributed by atoms with E-state index in [1.807, 2.05) is 36.4 Å². The van der Waals surface area contributed by atoms with E-state index in [-0.39, 0.29) is 12.4 Å². The van der Waals surface area contributed by atoms with E-state index in [2.05, 4.69) is 9.97 Å². The molecule has 1 aromatic carbocycles. The maximum atomic E-state index is 7.79. The lowest BCUT2D eigenvalue weighted by molar-refractivity contribution is 1.18. The second-order valence-electron chi connectivity index (χ2n) is 3.53. The average Bonchev–Trinajstić information content (AvgIpc) is 2.27. The van der Waals surface area contributed by atoms with E-state index in [0.717, 1.165) is 22.4 Å². The Bertz CT molecular complexity index is 590. The largest absolute Gasteiger partial charge is 0.303 e. The SMILES string of the molecule is Cl.N=C1CC=Cc2nc3ccccc3nc21. The summed E-state index contributed by atoms with van der Waals surface area (Å²) in [5, 5.41) is 7.79. The van der Waals surface area contributed by atoms with Gasteiger partial charge in [-0.15, -0.1) is 12.4 Å². The van der Waals surface area contributed by atoms with Gasteiger partial charge in [0.05, 0.1) is 22.4 Å². The van der Waals surface area contributed by atoms with Crippen molar-refractivity contribution in [2.45, 2.75) is 6.42 Å². The van der Waals surface area contributed by atoms with Gasteiger partial charge in [0.25, 0.3) is 0 Å². The van der Waals surface area contributed by atoms with Gasteiger partial charge in [0, 0.05) is 6.42 Å². The minimum Gasteiger partial charge on any atom is -0.303 e. The number of halogens is 1. The number of nitrogens with one attached hydrogen (secondary N) is 1. The number of hydrogen-bond donors (Lipinski definition) is 1. The second-order valence-corrected chi connectivity index (χ2v) is 3.53. The predicted octanol–water partition coefficient (Wildman–Crippen LogP) is 2.84. The normalized spacial score (nSPS) is 13.4. The summed E-state index contributed by atoms with van der Waals surface area (Å²) in [5.41, 5.74) is 3.82. The van der Waals surface area contributed by atoms with Crippen LogP contribution in [0.5, 0.6) is 0 Å². The summed E-state index contributed by atoms with van der Waals surface area (Å²) < 4.78 is 0. The van der Waals surface area contributed by atoms with Crippen LogP contribution < -0.4 is 0 Å². The Morgan fingerprint density at radius 2 is 1.75 bits per heavy atom. The lowest BCUT2D eigenvalue weighted by atomic mass is 10.1. The first-order valence-corrected chi connectivity index (χ1v) is 4.86. The molecule has 0 spiro atoms. The summed E-state index contributed by atoms with van der Waals surface area (Å²) in [5.74, 6) is 0. The molecule has 1 N–H and O–H groups in total. The zero-order valence-electron chi connectivity index (χ0n) is 8.47. The van der Waals surface area contributed by atoms with Crippen molar-refractivity contribution in [3.8, 4) is 0 Å². The highest BCUT2D eigenvalue weighted by Gasteiger charge is 2.13. The van der Waals surface area contributed by atoms with Crippen LogP contribution in [0.4, 0.5) is 0 Å². The van der Waals surface area contributed by atoms with Gasteiger partial charge in [-0.25, -0.2) is 9.97 Å². The topological polar surface area (TPSA) is 49.6 Å². The number of fused-ring (bicyclic) bond motifs is 2. The molecule has 16 heavy (non-hydrogen) atoms. The molecule has 0 atom stereocenters. The van der Waals surface area contributed by atoms with Gasteiger partial charge >= 0.3 is 0 Å². The van der Waals surface area contributed by atoms with Crippen molar-refractivity contribution < 1.29 is 0 Å². The molecule has 4 heteroatoms. The summed E-state index contributed by atoms with van der Waals surface area (Å²) in [6, 6.07) is 7.75. The maximum absolute atomic E-state index is 7.79. The Morgan fingerprint density at radius 3 is 2.50 bits per heavy atom. The van der Waals surface area contributed by atoms with Crippen molar-refractivity contribution in [1.29, 1.82) is 5.41 Å². The summed E-state index contributed by atoms with van der Waals surface area (Å²) in [4.78, 5) is 8.93. The fourth-order valence-corrected chi connectivity index (χ4v) is 1.74. The molecular formula is C12H10ClN3. The van der Waals surface area contributed by atoms with Crippen LogP contribution in [0.2, 0.25) is 0 Å². The fourth-order valence-electron chi connectivity index (χ4n) is 1.74. The average molecular weight is 232 g/mol. The Labute approximate surface area is 99.2 Å². The number of allylic oxidation sites excluding steroid dienone is 1. The Hall–Kier alpha value is -1.74. The molecule has 0 amide bonds. The van der Waals surface area contributed by atoms with Crippen molar-refractivity contribution in [2.75, 3.05) is 0 Å². The van der Waals surface area contributed by atoms with E-state index in [1.165, 1.54) is 0 Å². The zero-order chi connectivity index (χ0) is 10.3. The van der Waals surface area contributed by atoms with E-state index in [1.54, 1.807) is 0 Å². The first-order chi connectivity index (χ1) is 7.34. The molecule has 1 heterocycles. The molecule has 0 fully saturated rings. The van der Waals surface area contributed by atoms with E-state index in [9.17, 15) is 0 Å². The molecule has 0 bridgehead atoms. The van der Waals surface area contributed by atoms with Gasteiger partial charge in [-0.1, -0.05) is 18.2 Å². The number of nitrogens with zero attached hydrogens (tertiary/aromatic N) is 2. The molecule has 0 radical (unpaired) electrons. The van der Waals surface area contributed by atoms with Gasteiger partial charge in [-0.3, -0.25) is 0 Å². The number of para-hydroxylation sites is 2. The Morgan fingerprint density at radius 1 is 1.06 bits per heavy atom. The van der Waals surface area contributed by atoms with Crippen molar-refractivity contribution in [3.05, 3.63) is 41.7 Å². The molecule has 0 saturated carbocycles. The molecule has 0 aliphatic heterocycles. The highest BCUT2D eigenvalue weighted by Crippen LogP contribution is 2.18. The predicted molar refractivity (Wildman–Crippen MR) is 67.3 cm³/mol. The number of benzene rings is 1. The summed E-state index contributed by atoms with van der Waals surface area (Å²) in [6.07, 6.45) is 4.54. The van der Waals surface area contributed by atoms with Gasteiger partial charge in [0.1, 0.15) is 5.69 Å². The summed E-state index contributed by atoms with van der Waals surface area (Å²) >= 11 is 0. The van der Waals surface area contributed by atoms with Gasteiger partial charge in [-0.05, 0) is 18.2 Å². The highest BCUT2D eigenvalue weighted by molar-refractivity contribution is 6.03. The Balaban J connectivity index is 0.000000963. The third-order valence-corrected chi connectivity index (χ3v) is 2.48. The third kappa shape index (κ3) is 1.59. The first-order valence-electron chi connectivity index (χ1n) is 4.86. The van der Waals surface area contributed by atoms with Gasteiger partial charge in [-0.2, -0.15) is 0 Å². The number of aromatic nitrogens is 2. The molecular weight excluding hydrogens is 222 g/mol. The monoisotopic (exact) mass is 231 g/mol. The summed E-state index contributed by atoms with van der Waals surface area (Å²) in [6.45, 7) is 0. The number of rotatable bonds is 0. The van der Waals surface area contributed by atoms with E-state index in [0.29, 0.717) is 12.1 Å². The molecule has 2 aromatic rings. The van der Waals surface area contributed by atoms with Crippen LogP contribution in [0.1, 0.15) is 17.8 Å². The van der Waals surface area contributed by atoms with Crippen LogP contribution in [0.15, 0.2) is 30.3 Å². The molecule has 1 aliphatic carbocycles. The van der Waals surface area contributed by atoms with Gasteiger partial charge in [0.15, 0.2) is 0 Å². The van der Waals surface area contributed by atoms with E-state index >= 15 is 0 Å². The lowest BCUT2D eigenvalue weighted by Crippen LogP contribution is -2.09. The van der Waals surface area contributed by atoms with Crippen molar-refractivity contribution in [3.63, 3.8) is 0 Å². The molecule has 80 valence electrons. The maximum Gasteiger partial charge on any atom is 0.110 e. The quantitative estimate of drug-likeness (QED) is 0.758. The van der Waals surface area contributed by atoms with Crippen LogP contribution in [-0.4, -0.2) is 15.7 Å². The van der Waals surface area contributed by atoms with Crippen LogP contribution in [0.3, 0.4) is 0 Å². The number of hydrogen-bond acceptors (Lipinski definition) is 3. The lowest BCUT2D eigenvalue weighted by Gasteiger charge is -2.10. The van der Waals surface area contributed by atoms with E-state index < -0.39 is 0 Å². The first kappa shape index (κ1) is 10.8. The smallest absolute Gasteiger partial charge is 0.110 e. The fraction of sp³-hybridized carbons (Fsp3) is 0.0833. The zero-order valence-corrected chi connectivity index (χ0v) is 9.29. The van der Waals surface area contributed by atoms with Crippen LogP contribution >= 0.6 is 12.4 Å². The van der Waals surface area contributed by atoms with Crippen LogP contribution in [0.25, 0.3) is 17.1 Å². The van der Waals surface area contributed by atoms with Gasteiger partial charge in [0.2, 0.25) is 0 Å². The Kier molecular flexibility index (Phi) is 2.71. The molecule has 1 aliphatic rings. The second kappa shape index (κ2) is 4.02. The molecule has 3 rings (SSSR count). The van der Waals surface area contributed by atoms with Crippen molar-refractivity contribution >= 4 is 35.2 Å². The highest BCUT2D eigenvalue weighted by atomic mass is 35.5. The molecule has 3 nitrogen and oxygen atoms in total. The van der Waals surface area contributed by atoms with Crippen molar-refractivity contribution in [2.24, 2.45) is 0 Å². The van der Waals surface area contributed by atoms with Crippen molar-refractivity contribution in [1.82, 2.24) is 9.97 Å². The van der Waals surface area contributed by atoms with Crippen LogP contribution in [0, 0.1) is 5.41 Å². The minimum absolute atomic E-state index is 0.